The van der Waals surface area contributed by atoms with Gasteiger partial charge < -0.3 is 20.1 Å². The lowest BCUT2D eigenvalue weighted by Gasteiger charge is -2.23. The zero-order valence-corrected chi connectivity index (χ0v) is 15.5. The first-order valence-corrected chi connectivity index (χ1v) is 8.21. The summed E-state index contributed by atoms with van der Waals surface area (Å²) in [5.41, 5.74) is 2.69. The van der Waals surface area contributed by atoms with Gasteiger partial charge in [-0.2, -0.15) is 0 Å². The van der Waals surface area contributed by atoms with Crippen molar-refractivity contribution in [1.29, 1.82) is 0 Å². The van der Waals surface area contributed by atoms with Gasteiger partial charge in [0, 0.05) is 17.8 Å². The summed E-state index contributed by atoms with van der Waals surface area (Å²) in [4.78, 5) is 12.3. The second-order valence-electron chi connectivity index (χ2n) is 6.76. The Kier molecular flexibility index (Phi) is 5.91. The highest BCUT2D eigenvalue weighted by atomic mass is 16.5. The number of carbonyl (C=O) groups is 1. The first kappa shape index (κ1) is 18.6. The predicted octanol–water partition coefficient (Wildman–Crippen LogP) is 4.32. The van der Waals surface area contributed by atoms with Crippen molar-refractivity contribution in [3.05, 3.63) is 53.6 Å². The molecule has 2 rings (SSSR count). The van der Waals surface area contributed by atoms with Gasteiger partial charge in [0.05, 0.1) is 14.2 Å². The Hall–Kier alpha value is -2.69. The molecule has 0 radical (unpaired) electrons. The first-order valence-electron chi connectivity index (χ1n) is 8.21. The molecule has 2 aromatic rings. The molecule has 0 fully saturated rings. The number of carbonyl (C=O) groups excluding carboxylic acids is 1. The van der Waals surface area contributed by atoms with Gasteiger partial charge in [-0.05, 0) is 23.1 Å². The molecule has 0 heterocycles. The van der Waals surface area contributed by atoms with E-state index in [4.69, 9.17) is 9.47 Å². The molecule has 0 aliphatic rings. The molecule has 5 nitrogen and oxygen atoms in total. The van der Waals surface area contributed by atoms with Gasteiger partial charge in [-0.1, -0.05) is 51.1 Å². The minimum Gasteiger partial charge on any atom is -0.493 e. The highest BCUT2D eigenvalue weighted by Gasteiger charge is 2.18. The average molecular weight is 342 g/mol. The zero-order chi connectivity index (χ0) is 18.4. The second-order valence-corrected chi connectivity index (χ2v) is 6.76. The SMILES string of the molecule is COc1cccc(CNC(=O)Nc2ccccc2C(C)(C)C)c1OC. The maximum absolute atomic E-state index is 12.3. The smallest absolute Gasteiger partial charge is 0.319 e. The molecule has 0 saturated heterocycles. The Labute approximate surface area is 149 Å². The van der Waals surface area contributed by atoms with Crippen LogP contribution in [-0.4, -0.2) is 20.3 Å². The number of nitrogens with one attached hydrogen (secondary N) is 2. The quantitative estimate of drug-likeness (QED) is 0.850. The summed E-state index contributed by atoms with van der Waals surface area (Å²) >= 11 is 0. The van der Waals surface area contributed by atoms with Crippen molar-refractivity contribution in [2.75, 3.05) is 19.5 Å². The molecular formula is C20H26N2O3. The number of methoxy groups -OCH3 is 2. The van der Waals surface area contributed by atoms with Gasteiger partial charge in [-0.3, -0.25) is 0 Å². The molecule has 0 unspecified atom stereocenters. The summed E-state index contributed by atoms with van der Waals surface area (Å²) in [7, 11) is 3.17. The van der Waals surface area contributed by atoms with E-state index in [1.165, 1.54) is 0 Å². The number of urea groups is 1. The minimum atomic E-state index is -0.262. The molecule has 0 spiro atoms. The standard InChI is InChI=1S/C20H26N2O3/c1-20(2,3)15-10-6-7-11-16(15)22-19(23)21-13-14-9-8-12-17(24-4)18(14)25-5/h6-12H,13H2,1-5H3,(H2,21,22,23). The summed E-state index contributed by atoms with van der Waals surface area (Å²) in [6, 6.07) is 13.1. The molecule has 2 N–H and O–H groups in total. The van der Waals surface area contributed by atoms with Gasteiger partial charge >= 0.3 is 6.03 Å². The number of para-hydroxylation sites is 2. The van der Waals surface area contributed by atoms with Crippen LogP contribution in [-0.2, 0) is 12.0 Å². The monoisotopic (exact) mass is 342 g/mol. The average Bonchev–Trinajstić information content (AvgIpc) is 2.59. The van der Waals surface area contributed by atoms with E-state index in [2.05, 4.69) is 31.4 Å². The van der Waals surface area contributed by atoms with Crippen LogP contribution < -0.4 is 20.1 Å². The molecule has 25 heavy (non-hydrogen) atoms. The molecule has 0 aliphatic carbocycles. The highest BCUT2D eigenvalue weighted by molar-refractivity contribution is 5.90. The van der Waals surface area contributed by atoms with Crippen LogP contribution in [0.3, 0.4) is 0 Å². The molecule has 5 heteroatoms. The third-order valence-electron chi connectivity index (χ3n) is 3.91. The summed E-state index contributed by atoms with van der Waals surface area (Å²) in [6.07, 6.45) is 0. The minimum absolute atomic E-state index is 0.0557. The molecule has 0 bridgehead atoms. The van der Waals surface area contributed by atoms with Crippen molar-refractivity contribution in [2.45, 2.75) is 32.7 Å². The Morgan fingerprint density at radius 1 is 1.00 bits per heavy atom. The van der Waals surface area contributed by atoms with Gasteiger partial charge in [-0.15, -0.1) is 0 Å². The normalized spacial score (nSPS) is 10.9. The van der Waals surface area contributed by atoms with E-state index in [9.17, 15) is 4.79 Å². The molecule has 2 aromatic carbocycles. The lowest BCUT2D eigenvalue weighted by molar-refractivity contribution is 0.251. The number of anilines is 1. The number of amides is 2. The van der Waals surface area contributed by atoms with Crippen molar-refractivity contribution in [3.8, 4) is 11.5 Å². The van der Waals surface area contributed by atoms with Crippen molar-refractivity contribution in [3.63, 3.8) is 0 Å². The summed E-state index contributed by atoms with van der Waals surface area (Å²) in [5, 5.41) is 5.80. The lowest BCUT2D eigenvalue weighted by atomic mass is 9.86. The predicted molar refractivity (Wildman–Crippen MR) is 101 cm³/mol. The first-order chi connectivity index (χ1) is 11.9. The zero-order valence-electron chi connectivity index (χ0n) is 15.5. The molecule has 2 amide bonds. The fraction of sp³-hybridized carbons (Fsp3) is 0.350. The molecule has 0 atom stereocenters. The third kappa shape index (κ3) is 4.66. The van der Waals surface area contributed by atoms with Gasteiger partial charge in [-0.25, -0.2) is 4.79 Å². The number of rotatable bonds is 5. The van der Waals surface area contributed by atoms with E-state index in [1.807, 2.05) is 42.5 Å². The second kappa shape index (κ2) is 7.92. The summed E-state index contributed by atoms with van der Waals surface area (Å²) in [6.45, 7) is 6.69. The molecule has 134 valence electrons. The number of benzene rings is 2. The fourth-order valence-corrected chi connectivity index (χ4v) is 2.68. The Bertz CT molecular complexity index is 736. The van der Waals surface area contributed by atoms with E-state index in [1.54, 1.807) is 14.2 Å². The molecule has 0 aliphatic heterocycles. The van der Waals surface area contributed by atoms with Crippen LogP contribution in [0.1, 0.15) is 31.9 Å². The highest BCUT2D eigenvalue weighted by Crippen LogP contribution is 2.31. The van der Waals surface area contributed by atoms with Crippen molar-refractivity contribution >= 4 is 11.7 Å². The van der Waals surface area contributed by atoms with Gasteiger partial charge in [0.2, 0.25) is 0 Å². The maximum Gasteiger partial charge on any atom is 0.319 e. The molecule has 0 saturated carbocycles. The van der Waals surface area contributed by atoms with Crippen LogP contribution in [0.25, 0.3) is 0 Å². The van der Waals surface area contributed by atoms with Crippen LogP contribution in [0.2, 0.25) is 0 Å². The van der Waals surface area contributed by atoms with Gasteiger partial charge in [0.25, 0.3) is 0 Å². The van der Waals surface area contributed by atoms with E-state index < -0.39 is 0 Å². The van der Waals surface area contributed by atoms with E-state index >= 15 is 0 Å². The molecular weight excluding hydrogens is 316 g/mol. The molecule has 0 aromatic heterocycles. The topological polar surface area (TPSA) is 59.6 Å². The largest absolute Gasteiger partial charge is 0.493 e. The van der Waals surface area contributed by atoms with E-state index in [0.717, 1.165) is 16.8 Å². The number of hydrogen-bond donors (Lipinski definition) is 2. The van der Waals surface area contributed by atoms with Gasteiger partial charge in [0.1, 0.15) is 0 Å². The van der Waals surface area contributed by atoms with E-state index in [0.29, 0.717) is 18.0 Å². The van der Waals surface area contributed by atoms with Crippen molar-refractivity contribution in [2.24, 2.45) is 0 Å². The fourth-order valence-electron chi connectivity index (χ4n) is 2.68. The van der Waals surface area contributed by atoms with Crippen molar-refractivity contribution < 1.29 is 14.3 Å². The summed E-state index contributed by atoms with van der Waals surface area (Å²) in [5.74, 6) is 1.26. The van der Waals surface area contributed by atoms with Crippen LogP contribution in [0, 0.1) is 0 Å². The van der Waals surface area contributed by atoms with Crippen LogP contribution in [0.5, 0.6) is 11.5 Å². The van der Waals surface area contributed by atoms with Crippen LogP contribution in [0.15, 0.2) is 42.5 Å². The Balaban J connectivity index is 2.08. The van der Waals surface area contributed by atoms with E-state index in [-0.39, 0.29) is 11.4 Å². The Morgan fingerprint density at radius 3 is 2.36 bits per heavy atom. The van der Waals surface area contributed by atoms with Gasteiger partial charge in [0.15, 0.2) is 11.5 Å². The number of ether oxygens (including phenoxy) is 2. The Morgan fingerprint density at radius 2 is 1.72 bits per heavy atom. The van der Waals surface area contributed by atoms with Crippen LogP contribution in [0.4, 0.5) is 10.5 Å². The number of hydrogen-bond acceptors (Lipinski definition) is 3. The lowest BCUT2D eigenvalue weighted by Crippen LogP contribution is -2.29. The van der Waals surface area contributed by atoms with Crippen molar-refractivity contribution in [1.82, 2.24) is 5.32 Å². The third-order valence-corrected chi connectivity index (χ3v) is 3.91. The van der Waals surface area contributed by atoms with Crippen LogP contribution >= 0.6 is 0 Å². The summed E-state index contributed by atoms with van der Waals surface area (Å²) < 4.78 is 10.7. The maximum atomic E-state index is 12.3.